The molecule has 1 amide bonds. The Labute approximate surface area is 158 Å². The lowest BCUT2D eigenvalue weighted by Gasteiger charge is -2.38. The second-order valence-electron chi connectivity index (χ2n) is 7.67. The maximum Gasteiger partial charge on any atom is 0.230 e. The Hall–Kier alpha value is -2.09. The molecule has 0 N–H and O–H groups in total. The normalized spacial score (nSPS) is 20.4. The van der Waals surface area contributed by atoms with E-state index in [-0.39, 0.29) is 5.92 Å². The average molecular weight is 350 g/mol. The van der Waals surface area contributed by atoms with E-state index in [4.69, 9.17) is 0 Å². The fourth-order valence-electron chi connectivity index (χ4n) is 4.03. The number of hydrogen-bond acceptors (Lipinski definition) is 1. The molecule has 1 heterocycles. The smallest absolute Gasteiger partial charge is 0.230 e. The van der Waals surface area contributed by atoms with Gasteiger partial charge >= 0.3 is 0 Å². The minimum atomic E-state index is 0.145. The molecule has 2 atom stereocenters. The van der Waals surface area contributed by atoms with E-state index in [1.165, 1.54) is 30.4 Å². The summed E-state index contributed by atoms with van der Waals surface area (Å²) >= 11 is 0. The minimum absolute atomic E-state index is 0.145. The molecule has 138 valence electrons. The van der Waals surface area contributed by atoms with Crippen molar-refractivity contribution < 1.29 is 4.79 Å². The van der Waals surface area contributed by atoms with Gasteiger partial charge < -0.3 is 4.90 Å². The maximum atomic E-state index is 13.1. The lowest BCUT2D eigenvalue weighted by Crippen LogP contribution is -2.44. The third-order valence-electron chi connectivity index (χ3n) is 5.61. The first kappa shape index (κ1) is 18.7. The number of carbonyl (C=O) groups is 1. The van der Waals surface area contributed by atoms with Gasteiger partial charge in [-0.2, -0.15) is 0 Å². The number of benzene rings is 2. The quantitative estimate of drug-likeness (QED) is 0.553. The summed E-state index contributed by atoms with van der Waals surface area (Å²) in [4.78, 5) is 15.2. The van der Waals surface area contributed by atoms with Gasteiger partial charge in [-0.15, -0.1) is 0 Å². The van der Waals surface area contributed by atoms with Crippen LogP contribution < -0.4 is 4.90 Å². The highest BCUT2D eigenvalue weighted by atomic mass is 16.2. The Morgan fingerprint density at radius 3 is 2.38 bits per heavy atom. The first-order chi connectivity index (χ1) is 12.7. The molecule has 1 saturated heterocycles. The van der Waals surface area contributed by atoms with E-state index in [0.29, 0.717) is 11.8 Å². The van der Waals surface area contributed by atoms with Crippen molar-refractivity contribution in [3.8, 4) is 0 Å². The average Bonchev–Trinajstić information content (AvgIpc) is 2.68. The number of carbonyl (C=O) groups excluding carboxylic acids is 1. The fraction of sp³-hybridized carbons (Fsp3) is 0.458. The van der Waals surface area contributed by atoms with Crippen molar-refractivity contribution in [1.82, 2.24) is 0 Å². The van der Waals surface area contributed by atoms with Gasteiger partial charge in [0.2, 0.25) is 5.91 Å². The summed E-state index contributed by atoms with van der Waals surface area (Å²) in [6, 6.07) is 19.0. The minimum Gasteiger partial charge on any atom is -0.312 e. The van der Waals surface area contributed by atoms with Crippen molar-refractivity contribution in [2.24, 2.45) is 5.92 Å². The van der Waals surface area contributed by atoms with Crippen LogP contribution in [0.5, 0.6) is 0 Å². The number of hydrogen-bond donors (Lipinski definition) is 0. The molecule has 26 heavy (non-hydrogen) atoms. The summed E-state index contributed by atoms with van der Waals surface area (Å²) in [6.07, 6.45) is 6.90. The zero-order valence-corrected chi connectivity index (χ0v) is 16.2. The van der Waals surface area contributed by atoms with Gasteiger partial charge in [-0.25, -0.2) is 0 Å². The summed E-state index contributed by atoms with van der Waals surface area (Å²) in [6.45, 7) is 5.15. The van der Waals surface area contributed by atoms with Crippen LogP contribution in [0.1, 0.15) is 62.5 Å². The first-order valence-corrected chi connectivity index (χ1v) is 10.1. The Kier molecular flexibility index (Phi) is 6.49. The number of rotatable bonds is 7. The van der Waals surface area contributed by atoms with Crippen LogP contribution in [-0.2, 0) is 4.79 Å². The van der Waals surface area contributed by atoms with Gasteiger partial charge in [0, 0.05) is 24.1 Å². The summed E-state index contributed by atoms with van der Waals surface area (Å²) in [5, 5.41) is 0. The van der Waals surface area contributed by atoms with Crippen LogP contribution in [0.25, 0.3) is 0 Å². The van der Waals surface area contributed by atoms with E-state index < -0.39 is 0 Å². The van der Waals surface area contributed by atoms with Crippen LogP contribution in [0.15, 0.2) is 54.6 Å². The van der Waals surface area contributed by atoms with Crippen molar-refractivity contribution in [3.63, 3.8) is 0 Å². The number of amides is 1. The molecule has 1 aliphatic rings. The molecule has 0 spiro atoms. The number of unbranched alkanes of at least 4 members (excludes halogenated alkanes) is 3. The predicted molar refractivity (Wildman–Crippen MR) is 110 cm³/mol. The second-order valence-corrected chi connectivity index (χ2v) is 7.67. The summed E-state index contributed by atoms with van der Waals surface area (Å²) < 4.78 is 0. The van der Waals surface area contributed by atoms with Gasteiger partial charge in [0.1, 0.15) is 0 Å². The number of nitrogens with zero attached hydrogens (tertiary/aromatic N) is 1. The summed E-state index contributed by atoms with van der Waals surface area (Å²) in [7, 11) is 0. The van der Waals surface area contributed by atoms with Gasteiger partial charge in [0.05, 0.1) is 0 Å². The zero-order valence-electron chi connectivity index (χ0n) is 16.2. The van der Waals surface area contributed by atoms with E-state index in [0.717, 1.165) is 31.5 Å². The van der Waals surface area contributed by atoms with Crippen LogP contribution >= 0.6 is 0 Å². The van der Waals surface area contributed by atoms with E-state index in [2.05, 4.69) is 50.2 Å². The van der Waals surface area contributed by atoms with Crippen LogP contribution in [0.2, 0.25) is 0 Å². The van der Waals surface area contributed by atoms with Crippen molar-refractivity contribution in [2.45, 2.75) is 58.3 Å². The van der Waals surface area contributed by atoms with Crippen molar-refractivity contribution >= 4 is 11.6 Å². The zero-order chi connectivity index (χ0) is 18.4. The molecule has 2 unspecified atom stereocenters. The molecule has 2 aromatic rings. The van der Waals surface area contributed by atoms with Crippen LogP contribution in [0.4, 0.5) is 5.69 Å². The third-order valence-corrected chi connectivity index (χ3v) is 5.61. The van der Waals surface area contributed by atoms with E-state index in [1.54, 1.807) is 0 Å². The highest BCUT2D eigenvalue weighted by Crippen LogP contribution is 2.36. The second kappa shape index (κ2) is 9.02. The molecule has 0 aromatic heterocycles. The molecule has 0 aliphatic carbocycles. The predicted octanol–water partition coefficient (Wildman–Crippen LogP) is 6.10. The van der Waals surface area contributed by atoms with Gasteiger partial charge in [0.15, 0.2) is 0 Å². The van der Waals surface area contributed by atoms with Crippen LogP contribution in [-0.4, -0.2) is 12.5 Å². The highest BCUT2D eigenvalue weighted by Gasteiger charge is 2.35. The van der Waals surface area contributed by atoms with Crippen LogP contribution in [0, 0.1) is 12.8 Å². The molecule has 1 fully saturated rings. The Balaban J connectivity index is 1.80. The lowest BCUT2D eigenvalue weighted by atomic mass is 9.81. The first-order valence-electron chi connectivity index (χ1n) is 10.1. The number of para-hydroxylation sites is 1. The molecule has 0 bridgehead atoms. The SMILES string of the molecule is CCCCCCC1CC(c2ccc(C)cc2)CN(c2ccccc2)C1=O. The molecule has 2 aromatic carbocycles. The van der Waals surface area contributed by atoms with E-state index in [9.17, 15) is 4.79 Å². The van der Waals surface area contributed by atoms with Crippen LogP contribution in [0.3, 0.4) is 0 Å². The van der Waals surface area contributed by atoms with Gasteiger partial charge in [-0.05, 0) is 37.5 Å². The molecule has 2 nitrogen and oxygen atoms in total. The van der Waals surface area contributed by atoms with Crippen molar-refractivity contribution in [3.05, 3.63) is 65.7 Å². The molecule has 0 radical (unpaired) electrons. The molecule has 1 aliphatic heterocycles. The Morgan fingerprint density at radius 1 is 0.962 bits per heavy atom. The Bertz CT molecular complexity index is 692. The maximum absolute atomic E-state index is 13.1. The Morgan fingerprint density at radius 2 is 1.69 bits per heavy atom. The summed E-state index contributed by atoms with van der Waals surface area (Å²) in [5.74, 6) is 0.882. The van der Waals surface area contributed by atoms with Gasteiger partial charge in [0.25, 0.3) is 0 Å². The van der Waals surface area contributed by atoms with E-state index in [1.807, 2.05) is 23.1 Å². The number of piperidine rings is 1. The fourth-order valence-corrected chi connectivity index (χ4v) is 4.03. The molecular weight excluding hydrogens is 318 g/mol. The van der Waals surface area contributed by atoms with Crippen molar-refractivity contribution in [2.75, 3.05) is 11.4 Å². The molecule has 0 saturated carbocycles. The van der Waals surface area contributed by atoms with Gasteiger partial charge in [-0.1, -0.05) is 80.6 Å². The summed E-state index contributed by atoms with van der Waals surface area (Å²) in [5.41, 5.74) is 3.69. The molecule has 3 rings (SSSR count). The standard InChI is InChI=1S/C24H31NO/c1-3-4-5-7-10-21-17-22(20-15-13-19(2)14-16-20)18-25(24(21)26)23-11-8-6-9-12-23/h6,8-9,11-16,21-22H,3-5,7,10,17-18H2,1-2H3. The lowest BCUT2D eigenvalue weighted by molar-refractivity contribution is -0.124. The van der Waals surface area contributed by atoms with Crippen molar-refractivity contribution in [1.29, 1.82) is 0 Å². The highest BCUT2D eigenvalue weighted by molar-refractivity contribution is 5.96. The third kappa shape index (κ3) is 4.55. The monoisotopic (exact) mass is 349 g/mol. The molecular formula is C24H31NO. The number of aryl methyl sites for hydroxylation is 1. The topological polar surface area (TPSA) is 20.3 Å². The largest absolute Gasteiger partial charge is 0.312 e. The van der Waals surface area contributed by atoms with E-state index >= 15 is 0 Å². The molecule has 2 heteroatoms. The van der Waals surface area contributed by atoms with Gasteiger partial charge in [-0.3, -0.25) is 4.79 Å². The number of anilines is 1.